The molecule has 0 saturated carbocycles. The van der Waals surface area contributed by atoms with Gasteiger partial charge in [0.1, 0.15) is 0 Å². The van der Waals surface area contributed by atoms with Crippen molar-refractivity contribution in [1.29, 1.82) is 0 Å². The van der Waals surface area contributed by atoms with E-state index >= 15 is 0 Å². The molecular weight excluding hydrogens is 430 g/mol. The van der Waals surface area contributed by atoms with Crippen LogP contribution in [0.1, 0.15) is 41.9 Å². The van der Waals surface area contributed by atoms with Crippen LogP contribution in [-0.2, 0) is 14.9 Å². The van der Waals surface area contributed by atoms with Gasteiger partial charge in [-0.15, -0.1) is 0 Å². The first-order valence-corrected chi connectivity index (χ1v) is 10.6. The number of H-pyrrole nitrogens is 1. The number of carbonyl (C=O) groups is 2. The molecule has 2 aromatic carbocycles. The third-order valence-electron chi connectivity index (χ3n) is 5.69. The Bertz CT molecular complexity index is 1260. The first-order valence-electron chi connectivity index (χ1n) is 10.6. The van der Waals surface area contributed by atoms with Crippen molar-refractivity contribution in [3.8, 4) is 0 Å². The minimum Gasteiger partial charge on any atom is -0.462 e. The summed E-state index contributed by atoms with van der Waals surface area (Å²) in [5, 5.41) is 9.93. The average Bonchev–Trinajstić information content (AvgIpc) is 3.13. The van der Waals surface area contributed by atoms with Crippen LogP contribution in [-0.4, -0.2) is 46.6 Å². The minimum absolute atomic E-state index is 0.0166. The van der Waals surface area contributed by atoms with E-state index in [9.17, 15) is 18.4 Å². The monoisotopic (exact) mass is 454 g/mol. The van der Waals surface area contributed by atoms with Gasteiger partial charge in [0.25, 0.3) is 5.91 Å². The molecule has 0 saturated heterocycles. The largest absolute Gasteiger partial charge is 0.462 e. The van der Waals surface area contributed by atoms with Gasteiger partial charge < -0.3 is 19.7 Å². The Morgan fingerprint density at radius 3 is 2.64 bits per heavy atom. The predicted molar refractivity (Wildman–Crippen MR) is 119 cm³/mol. The molecule has 33 heavy (non-hydrogen) atoms. The molecule has 0 fully saturated rings. The number of para-hydroxylation sites is 1. The number of aromatic nitrogens is 1. The lowest BCUT2D eigenvalue weighted by atomic mass is 9.81. The molecule has 6 nitrogen and oxygen atoms in total. The molecule has 0 aliphatic carbocycles. The number of benzene rings is 2. The number of halogens is 2. The van der Waals surface area contributed by atoms with E-state index in [1.54, 1.807) is 0 Å². The second-order valence-electron chi connectivity index (χ2n) is 8.62. The second kappa shape index (κ2) is 8.78. The summed E-state index contributed by atoms with van der Waals surface area (Å²) in [6.07, 6.45) is 1.68. The van der Waals surface area contributed by atoms with Crippen molar-refractivity contribution in [1.82, 2.24) is 9.88 Å². The van der Waals surface area contributed by atoms with Crippen LogP contribution in [0.3, 0.4) is 0 Å². The smallest absolute Gasteiger partial charge is 0.341 e. The van der Waals surface area contributed by atoms with Gasteiger partial charge in [0, 0.05) is 47.7 Å². The van der Waals surface area contributed by atoms with Gasteiger partial charge in [0.15, 0.2) is 11.6 Å². The number of aliphatic hydroxyl groups excluding tert-OH is 1. The van der Waals surface area contributed by atoms with E-state index in [4.69, 9.17) is 9.84 Å². The van der Waals surface area contributed by atoms with Crippen molar-refractivity contribution in [3.05, 3.63) is 77.1 Å². The van der Waals surface area contributed by atoms with E-state index in [2.05, 4.69) is 4.98 Å². The number of ether oxygens (including phenoxy) is 1. The van der Waals surface area contributed by atoms with Gasteiger partial charge in [-0.3, -0.25) is 4.79 Å². The lowest BCUT2D eigenvalue weighted by Crippen LogP contribution is -2.37. The zero-order valence-corrected chi connectivity index (χ0v) is 18.3. The van der Waals surface area contributed by atoms with Crippen molar-refractivity contribution in [2.24, 2.45) is 0 Å². The highest BCUT2D eigenvalue weighted by Crippen LogP contribution is 2.40. The van der Waals surface area contributed by atoms with Gasteiger partial charge in [-0.05, 0) is 29.8 Å². The van der Waals surface area contributed by atoms with E-state index < -0.39 is 28.9 Å². The Morgan fingerprint density at radius 2 is 1.91 bits per heavy atom. The summed E-state index contributed by atoms with van der Waals surface area (Å²) in [6.45, 7) is 3.98. The van der Waals surface area contributed by atoms with Crippen molar-refractivity contribution < 1.29 is 28.2 Å². The number of aliphatic hydroxyl groups is 1. The van der Waals surface area contributed by atoms with Crippen LogP contribution >= 0.6 is 0 Å². The highest BCUT2D eigenvalue weighted by Gasteiger charge is 2.37. The minimum atomic E-state index is -1.13. The summed E-state index contributed by atoms with van der Waals surface area (Å²) in [5.74, 6) is -3.40. The van der Waals surface area contributed by atoms with Crippen LogP contribution in [0.4, 0.5) is 8.78 Å². The molecule has 1 aliphatic heterocycles. The summed E-state index contributed by atoms with van der Waals surface area (Å²) >= 11 is 0. The van der Waals surface area contributed by atoms with Gasteiger partial charge in [-0.2, -0.15) is 0 Å². The first kappa shape index (κ1) is 22.7. The Morgan fingerprint density at radius 1 is 1.15 bits per heavy atom. The normalized spacial score (nSPS) is 15.1. The molecule has 3 aromatic rings. The molecular formula is C25H24F2N2O4. The molecule has 0 atom stereocenters. The van der Waals surface area contributed by atoms with Gasteiger partial charge >= 0.3 is 5.97 Å². The van der Waals surface area contributed by atoms with E-state index in [1.165, 1.54) is 17.2 Å². The van der Waals surface area contributed by atoms with Crippen LogP contribution in [0.15, 0.2) is 48.7 Å². The number of nitrogens with one attached hydrogen (secondary N) is 1. The molecule has 0 unspecified atom stereocenters. The Kier molecular flexibility index (Phi) is 6.03. The lowest BCUT2D eigenvalue weighted by Gasteiger charge is -2.29. The molecule has 0 bridgehead atoms. The average molecular weight is 454 g/mol. The van der Waals surface area contributed by atoms with E-state index in [-0.39, 0.29) is 37.3 Å². The summed E-state index contributed by atoms with van der Waals surface area (Å²) in [4.78, 5) is 30.9. The fourth-order valence-corrected chi connectivity index (χ4v) is 4.21. The number of nitrogens with zero attached hydrogens (tertiary/aromatic N) is 1. The van der Waals surface area contributed by atoms with Gasteiger partial charge in [-0.25, -0.2) is 13.6 Å². The topological polar surface area (TPSA) is 82.6 Å². The van der Waals surface area contributed by atoms with Crippen LogP contribution in [0.5, 0.6) is 0 Å². The Balaban J connectivity index is 1.84. The van der Waals surface area contributed by atoms with Crippen LogP contribution in [0.2, 0.25) is 0 Å². The molecule has 1 aromatic heterocycles. The molecule has 1 aliphatic rings. The number of rotatable bonds is 5. The van der Waals surface area contributed by atoms with Crippen molar-refractivity contribution in [2.45, 2.75) is 25.7 Å². The van der Waals surface area contributed by atoms with Crippen molar-refractivity contribution in [2.75, 3.05) is 19.8 Å². The zero-order chi connectivity index (χ0) is 23.8. The predicted octanol–water partition coefficient (Wildman–Crippen LogP) is 4.15. The summed E-state index contributed by atoms with van der Waals surface area (Å²) in [6, 6.07) is 10.6. The van der Waals surface area contributed by atoms with E-state index in [0.717, 1.165) is 28.6 Å². The fourth-order valence-electron chi connectivity index (χ4n) is 4.21. The standard InChI is InChI=1S/C25H24F2N2O4/c1-25(2)14-29(23(31)15-8-9-18(26)19(27)12-15)13-17(24(32)33-11-5-10-30)22-21(25)16-6-3-4-7-20(16)28-22/h3-4,6-9,12-13,28,30H,5,10-11,14H2,1-2H3. The number of amides is 1. The number of aromatic amines is 1. The molecule has 0 radical (unpaired) electrons. The number of esters is 1. The quantitative estimate of drug-likeness (QED) is 0.448. The Hall–Kier alpha value is -3.52. The van der Waals surface area contributed by atoms with E-state index in [1.807, 2.05) is 38.1 Å². The van der Waals surface area contributed by atoms with Crippen LogP contribution in [0.25, 0.3) is 16.5 Å². The highest BCUT2D eigenvalue weighted by atomic mass is 19.2. The maximum absolute atomic E-state index is 13.8. The van der Waals surface area contributed by atoms with Crippen LogP contribution in [0, 0.1) is 11.6 Å². The number of hydrogen-bond donors (Lipinski definition) is 2. The summed E-state index contributed by atoms with van der Waals surface area (Å²) < 4.78 is 32.5. The lowest BCUT2D eigenvalue weighted by molar-refractivity contribution is -0.136. The molecule has 8 heteroatoms. The number of fused-ring (bicyclic) bond motifs is 3. The molecule has 0 spiro atoms. The van der Waals surface area contributed by atoms with Gasteiger partial charge in [0.2, 0.25) is 0 Å². The van der Waals surface area contributed by atoms with E-state index in [0.29, 0.717) is 5.69 Å². The molecule has 172 valence electrons. The highest BCUT2D eigenvalue weighted by molar-refractivity contribution is 6.18. The molecule has 2 N–H and O–H groups in total. The summed E-state index contributed by atoms with van der Waals surface area (Å²) in [7, 11) is 0. The van der Waals surface area contributed by atoms with Gasteiger partial charge in [0.05, 0.1) is 17.9 Å². The SMILES string of the molecule is CC1(C)CN(C(=O)c2ccc(F)c(F)c2)C=C(C(=O)OCCCO)c2[nH]c3ccccc3c21. The maximum atomic E-state index is 13.8. The van der Waals surface area contributed by atoms with Crippen molar-refractivity contribution in [3.63, 3.8) is 0 Å². The van der Waals surface area contributed by atoms with Crippen LogP contribution < -0.4 is 0 Å². The van der Waals surface area contributed by atoms with Gasteiger partial charge in [-0.1, -0.05) is 32.0 Å². The first-order chi connectivity index (χ1) is 15.7. The third kappa shape index (κ3) is 4.26. The zero-order valence-electron chi connectivity index (χ0n) is 18.3. The Labute approximate surface area is 189 Å². The maximum Gasteiger partial charge on any atom is 0.341 e. The molecule has 4 rings (SSSR count). The summed E-state index contributed by atoms with van der Waals surface area (Å²) in [5.41, 5.74) is 1.72. The molecule has 1 amide bonds. The van der Waals surface area contributed by atoms with Crippen molar-refractivity contribution >= 4 is 28.4 Å². The number of hydrogen-bond acceptors (Lipinski definition) is 4. The number of carbonyl (C=O) groups excluding carboxylic acids is 2. The molecule has 2 heterocycles. The third-order valence-corrected chi connectivity index (χ3v) is 5.69. The second-order valence-corrected chi connectivity index (χ2v) is 8.62. The fraction of sp³-hybridized carbons (Fsp3) is 0.280.